The molecule has 0 radical (unpaired) electrons. The lowest BCUT2D eigenvalue weighted by Crippen LogP contribution is -2.32. The quantitative estimate of drug-likeness (QED) is 0.818. The van der Waals surface area contributed by atoms with Crippen LogP contribution in [0.4, 0.5) is 0 Å². The summed E-state index contributed by atoms with van der Waals surface area (Å²) in [5, 5.41) is 3.09. The van der Waals surface area contributed by atoms with Crippen LogP contribution in [0.1, 0.15) is 5.56 Å². The van der Waals surface area contributed by atoms with E-state index in [1.54, 1.807) is 18.2 Å². The van der Waals surface area contributed by atoms with Crippen molar-refractivity contribution >= 4 is 41.1 Å². The second kappa shape index (κ2) is 6.27. The van der Waals surface area contributed by atoms with Crippen molar-refractivity contribution in [3.8, 4) is 0 Å². The minimum absolute atomic E-state index is 0.202. The van der Waals surface area contributed by atoms with Crippen LogP contribution in [0.3, 0.4) is 0 Å². The molecule has 3 N–H and O–H groups in total. The summed E-state index contributed by atoms with van der Waals surface area (Å²) in [4.78, 5) is 21.7. The third-order valence-electron chi connectivity index (χ3n) is 1.83. The van der Waals surface area contributed by atoms with Gasteiger partial charge in [-0.25, -0.2) is 0 Å². The van der Waals surface area contributed by atoms with E-state index in [0.717, 1.165) is 0 Å². The normalized spacial score (nSPS) is 10.5. The lowest BCUT2D eigenvalue weighted by atomic mass is 10.2. The first-order valence-corrected chi connectivity index (χ1v) is 5.44. The average molecular weight is 273 g/mol. The predicted molar refractivity (Wildman–Crippen MR) is 67.7 cm³/mol. The summed E-state index contributed by atoms with van der Waals surface area (Å²) in [6.07, 6.45) is 2.75. The van der Waals surface area contributed by atoms with Gasteiger partial charge in [-0.2, -0.15) is 0 Å². The van der Waals surface area contributed by atoms with Crippen molar-refractivity contribution in [3.63, 3.8) is 0 Å². The first-order chi connectivity index (χ1) is 8.00. The summed E-state index contributed by atoms with van der Waals surface area (Å²) in [6, 6.07) is 5.08. The fraction of sp³-hybridized carbons (Fsp3) is 0.0909. The van der Waals surface area contributed by atoms with E-state index in [1.165, 1.54) is 12.2 Å². The maximum atomic E-state index is 11.2. The van der Waals surface area contributed by atoms with Crippen molar-refractivity contribution in [2.24, 2.45) is 5.73 Å². The van der Waals surface area contributed by atoms with Gasteiger partial charge in [-0.15, -0.1) is 0 Å². The van der Waals surface area contributed by atoms with Crippen molar-refractivity contribution in [2.45, 2.75) is 0 Å². The lowest BCUT2D eigenvalue weighted by Gasteiger charge is -2.00. The number of carbonyl (C=O) groups excluding carboxylic acids is 2. The highest BCUT2D eigenvalue weighted by molar-refractivity contribution is 6.42. The average Bonchev–Trinajstić information content (AvgIpc) is 2.28. The van der Waals surface area contributed by atoms with Gasteiger partial charge in [0.25, 0.3) is 0 Å². The van der Waals surface area contributed by atoms with Crippen molar-refractivity contribution in [1.29, 1.82) is 0 Å². The highest BCUT2D eigenvalue weighted by Crippen LogP contribution is 2.26. The Morgan fingerprint density at radius 1 is 1.35 bits per heavy atom. The van der Waals surface area contributed by atoms with Gasteiger partial charge < -0.3 is 11.1 Å². The molecule has 0 bridgehead atoms. The number of rotatable bonds is 4. The van der Waals surface area contributed by atoms with Gasteiger partial charge >= 0.3 is 0 Å². The summed E-state index contributed by atoms with van der Waals surface area (Å²) in [5.74, 6) is -1.03. The molecule has 1 aromatic rings. The number of benzene rings is 1. The molecule has 0 aliphatic rings. The Balaban J connectivity index is 2.67. The number of nitrogens with one attached hydrogen (secondary N) is 1. The Labute approximate surface area is 108 Å². The van der Waals surface area contributed by atoms with Crippen LogP contribution in [0.2, 0.25) is 10.0 Å². The molecule has 0 spiro atoms. The van der Waals surface area contributed by atoms with E-state index < -0.39 is 11.8 Å². The molecule has 0 aliphatic heterocycles. The lowest BCUT2D eigenvalue weighted by molar-refractivity contribution is -0.122. The first kappa shape index (κ1) is 13.5. The Kier molecular flexibility index (Phi) is 5.00. The summed E-state index contributed by atoms with van der Waals surface area (Å²) >= 11 is 11.7. The van der Waals surface area contributed by atoms with Crippen LogP contribution >= 0.6 is 23.2 Å². The summed E-state index contributed by atoms with van der Waals surface area (Å²) < 4.78 is 0. The number of halogens is 2. The van der Waals surface area contributed by atoms with Crippen LogP contribution in [-0.4, -0.2) is 18.4 Å². The van der Waals surface area contributed by atoms with Crippen LogP contribution in [-0.2, 0) is 9.59 Å². The molecule has 1 rings (SSSR count). The van der Waals surface area contributed by atoms with Gasteiger partial charge in [-0.05, 0) is 17.7 Å². The Bertz CT molecular complexity index is 473. The Morgan fingerprint density at radius 2 is 2.06 bits per heavy atom. The molecule has 4 nitrogen and oxygen atoms in total. The monoisotopic (exact) mass is 272 g/mol. The molecule has 90 valence electrons. The first-order valence-electron chi connectivity index (χ1n) is 4.69. The van der Waals surface area contributed by atoms with Gasteiger partial charge in [0.1, 0.15) is 0 Å². The van der Waals surface area contributed by atoms with E-state index in [9.17, 15) is 9.59 Å². The summed E-state index contributed by atoms with van der Waals surface area (Å²) in [5.41, 5.74) is 5.49. The Morgan fingerprint density at radius 3 is 2.71 bits per heavy atom. The zero-order chi connectivity index (χ0) is 12.8. The van der Waals surface area contributed by atoms with Crippen LogP contribution in [0.25, 0.3) is 6.08 Å². The van der Waals surface area contributed by atoms with E-state index in [1.807, 2.05) is 0 Å². The SMILES string of the molecule is NC(=O)CNC(=O)/C=C/c1cccc(Cl)c1Cl. The van der Waals surface area contributed by atoms with Gasteiger partial charge in [0.2, 0.25) is 11.8 Å². The van der Waals surface area contributed by atoms with Crippen molar-refractivity contribution in [3.05, 3.63) is 39.9 Å². The van der Waals surface area contributed by atoms with Crippen molar-refractivity contribution in [2.75, 3.05) is 6.54 Å². The largest absolute Gasteiger partial charge is 0.368 e. The maximum Gasteiger partial charge on any atom is 0.244 e. The fourth-order valence-corrected chi connectivity index (χ4v) is 1.42. The zero-order valence-corrected chi connectivity index (χ0v) is 10.3. The molecule has 0 unspecified atom stereocenters. The molecule has 6 heteroatoms. The molecular weight excluding hydrogens is 263 g/mol. The second-order valence-corrected chi connectivity index (χ2v) is 3.95. The summed E-state index contributed by atoms with van der Waals surface area (Å²) in [6.45, 7) is -0.202. The number of primary amides is 1. The van der Waals surface area contributed by atoms with Crippen LogP contribution in [0.15, 0.2) is 24.3 Å². The van der Waals surface area contributed by atoms with Gasteiger partial charge in [0, 0.05) is 6.08 Å². The topological polar surface area (TPSA) is 72.2 Å². The summed E-state index contributed by atoms with van der Waals surface area (Å²) in [7, 11) is 0. The number of amides is 2. The molecule has 0 aromatic heterocycles. The van der Waals surface area contributed by atoms with Crippen LogP contribution < -0.4 is 11.1 Å². The van der Waals surface area contributed by atoms with Crippen LogP contribution in [0.5, 0.6) is 0 Å². The van der Waals surface area contributed by atoms with Crippen molar-refractivity contribution in [1.82, 2.24) is 5.32 Å². The fourth-order valence-electron chi connectivity index (χ4n) is 1.05. The minimum Gasteiger partial charge on any atom is -0.368 e. The van der Waals surface area contributed by atoms with E-state index in [2.05, 4.69) is 5.32 Å². The standard InChI is InChI=1S/C11H10Cl2N2O2/c12-8-3-1-2-7(11(8)13)4-5-10(17)15-6-9(14)16/h1-5H,6H2,(H2,14,16)(H,15,17)/b5-4+. The molecule has 0 saturated heterocycles. The molecular formula is C11H10Cl2N2O2. The molecule has 0 fully saturated rings. The molecule has 2 amide bonds. The van der Waals surface area contributed by atoms with Gasteiger partial charge in [-0.3, -0.25) is 9.59 Å². The second-order valence-electron chi connectivity index (χ2n) is 3.16. The number of carbonyl (C=O) groups is 2. The molecule has 0 aliphatic carbocycles. The van der Waals surface area contributed by atoms with Gasteiger partial charge in [0.15, 0.2) is 0 Å². The predicted octanol–water partition coefficient (Wildman–Crippen LogP) is 1.61. The Hall–Kier alpha value is -1.52. The highest BCUT2D eigenvalue weighted by Gasteiger charge is 2.02. The van der Waals surface area contributed by atoms with E-state index in [-0.39, 0.29) is 6.54 Å². The third-order valence-corrected chi connectivity index (χ3v) is 2.67. The third kappa shape index (κ3) is 4.46. The van der Waals surface area contributed by atoms with Crippen molar-refractivity contribution < 1.29 is 9.59 Å². The smallest absolute Gasteiger partial charge is 0.244 e. The van der Waals surface area contributed by atoms with Crippen LogP contribution in [0, 0.1) is 0 Å². The van der Waals surface area contributed by atoms with E-state index in [4.69, 9.17) is 28.9 Å². The van der Waals surface area contributed by atoms with E-state index >= 15 is 0 Å². The number of hydrogen-bond acceptors (Lipinski definition) is 2. The molecule has 17 heavy (non-hydrogen) atoms. The maximum absolute atomic E-state index is 11.2. The zero-order valence-electron chi connectivity index (χ0n) is 8.74. The van der Waals surface area contributed by atoms with Gasteiger partial charge in [-0.1, -0.05) is 35.3 Å². The molecule has 0 heterocycles. The number of hydrogen-bond donors (Lipinski definition) is 2. The minimum atomic E-state index is -0.604. The highest BCUT2D eigenvalue weighted by atomic mass is 35.5. The molecule has 0 saturated carbocycles. The number of nitrogens with two attached hydrogens (primary N) is 1. The molecule has 1 aromatic carbocycles. The van der Waals surface area contributed by atoms with Gasteiger partial charge in [0.05, 0.1) is 16.6 Å². The molecule has 0 atom stereocenters. The van der Waals surface area contributed by atoms with E-state index in [0.29, 0.717) is 15.6 Å².